The Morgan fingerprint density at radius 1 is 1.09 bits per heavy atom. The molecule has 2 rings (SSSR count). The minimum atomic E-state index is -0.0654. The van der Waals surface area contributed by atoms with Crippen LogP contribution in [0.15, 0.2) is 53.0 Å². The van der Waals surface area contributed by atoms with Gasteiger partial charge >= 0.3 is 0 Å². The lowest BCUT2D eigenvalue weighted by atomic mass is 10.1. The molecule has 0 heterocycles. The van der Waals surface area contributed by atoms with Crippen LogP contribution in [0.5, 0.6) is 0 Å². The van der Waals surface area contributed by atoms with E-state index in [1.165, 1.54) is 6.92 Å². The molecule has 23 heavy (non-hydrogen) atoms. The Bertz CT molecular complexity index is 698. The van der Waals surface area contributed by atoms with Gasteiger partial charge in [-0.05, 0) is 35.4 Å². The molecule has 0 aliphatic rings. The maximum Gasteiger partial charge on any atom is 0.228 e. The molecule has 1 N–H and O–H groups in total. The van der Waals surface area contributed by atoms with Crippen molar-refractivity contribution in [1.29, 1.82) is 0 Å². The quantitative estimate of drug-likeness (QED) is 0.868. The zero-order chi connectivity index (χ0) is 16.8. The molecule has 2 aromatic rings. The Morgan fingerprint density at radius 3 is 2.43 bits per heavy atom. The fourth-order valence-electron chi connectivity index (χ4n) is 2.13. The fraction of sp³-hybridized carbons (Fsp3) is 0.222. The summed E-state index contributed by atoms with van der Waals surface area (Å²) in [6.07, 6.45) is 0.324. The number of amides is 2. The van der Waals surface area contributed by atoms with Gasteiger partial charge in [-0.1, -0.05) is 40.2 Å². The number of benzene rings is 2. The van der Waals surface area contributed by atoms with E-state index in [4.69, 9.17) is 0 Å². The molecule has 0 aromatic heterocycles. The first kappa shape index (κ1) is 17.2. The third kappa shape index (κ3) is 5.53. The molecule has 0 radical (unpaired) electrons. The molecule has 4 nitrogen and oxygen atoms in total. The third-order valence-electron chi connectivity index (χ3n) is 3.45. The van der Waals surface area contributed by atoms with Gasteiger partial charge in [0, 0.05) is 30.7 Å². The fourth-order valence-corrected chi connectivity index (χ4v) is 2.39. The van der Waals surface area contributed by atoms with Crippen LogP contribution in [0, 0.1) is 0 Å². The first-order chi connectivity index (χ1) is 10.9. The van der Waals surface area contributed by atoms with Gasteiger partial charge in [-0.15, -0.1) is 0 Å². The van der Waals surface area contributed by atoms with E-state index in [0.717, 1.165) is 21.3 Å². The van der Waals surface area contributed by atoms with E-state index in [9.17, 15) is 9.59 Å². The summed E-state index contributed by atoms with van der Waals surface area (Å²) in [6, 6.07) is 15.2. The van der Waals surface area contributed by atoms with Crippen LogP contribution in [-0.2, 0) is 22.6 Å². The van der Waals surface area contributed by atoms with Crippen molar-refractivity contribution >= 4 is 33.4 Å². The van der Waals surface area contributed by atoms with Gasteiger partial charge < -0.3 is 10.2 Å². The number of nitrogens with one attached hydrogen (secondary N) is 1. The summed E-state index contributed by atoms with van der Waals surface area (Å²) in [5.41, 5.74) is 2.67. The summed E-state index contributed by atoms with van der Waals surface area (Å²) in [5.74, 6) is -0.0564. The average molecular weight is 375 g/mol. The Hall–Kier alpha value is -2.14. The third-order valence-corrected chi connectivity index (χ3v) is 3.97. The second kappa shape index (κ2) is 7.92. The number of carbonyl (C=O) groups is 2. The molecule has 5 heteroatoms. The van der Waals surface area contributed by atoms with Crippen molar-refractivity contribution in [2.75, 3.05) is 12.4 Å². The standard InChI is InChI=1S/C18H19BrN2O2/c1-13(22)21(2)12-15-4-3-5-17(10-15)20-18(23)11-14-6-8-16(19)9-7-14/h3-10H,11-12H2,1-2H3,(H,20,23). The van der Waals surface area contributed by atoms with Crippen molar-refractivity contribution in [2.45, 2.75) is 19.9 Å². The van der Waals surface area contributed by atoms with Crippen molar-refractivity contribution in [3.63, 3.8) is 0 Å². The lowest BCUT2D eigenvalue weighted by Gasteiger charge is -2.15. The van der Waals surface area contributed by atoms with E-state index in [1.54, 1.807) is 11.9 Å². The molecular weight excluding hydrogens is 356 g/mol. The van der Waals surface area contributed by atoms with Crippen LogP contribution in [0.25, 0.3) is 0 Å². The molecular formula is C18H19BrN2O2. The summed E-state index contributed by atoms with van der Waals surface area (Å²) < 4.78 is 0.990. The minimum Gasteiger partial charge on any atom is -0.342 e. The number of halogens is 1. The molecule has 2 aromatic carbocycles. The number of rotatable bonds is 5. The zero-order valence-corrected chi connectivity index (χ0v) is 14.8. The SMILES string of the molecule is CC(=O)N(C)Cc1cccc(NC(=O)Cc2ccc(Br)cc2)c1. The van der Waals surface area contributed by atoms with Gasteiger partial charge in [0.05, 0.1) is 6.42 Å². The van der Waals surface area contributed by atoms with Crippen LogP contribution in [-0.4, -0.2) is 23.8 Å². The van der Waals surface area contributed by atoms with E-state index in [2.05, 4.69) is 21.2 Å². The van der Waals surface area contributed by atoms with Gasteiger partial charge in [0.1, 0.15) is 0 Å². The molecule has 0 fully saturated rings. The Labute approximate surface area is 144 Å². The molecule has 0 saturated carbocycles. The van der Waals surface area contributed by atoms with Crippen LogP contribution >= 0.6 is 15.9 Å². The predicted octanol–water partition coefficient (Wildman–Crippen LogP) is 3.61. The average Bonchev–Trinajstić information content (AvgIpc) is 2.49. The largest absolute Gasteiger partial charge is 0.342 e. The van der Waals surface area contributed by atoms with Crippen LogP contribution < -0.4 is 5.32 Å². The van der Waals surface area contributed by atoms with Crippen LogP contribution in [0.4, 0.5) is 5.69 Å². The lowest BCUT2D eigenvalue weighted by Crippen LogP contribution is -2.23. The summed E-state index contributed by atoms with van der Waals surface area (Å²) in [4.78, 5) is 25.0. The Balaban J connectivity index is 1.98. The molecule has 0 spiro atoms. The van der Waals surface area contributed by atoms with Crippen LogP contribution in [0.1, 0.15) is 18.1 Å². The first-order valence-corrected chi connectivity index (χ1v) is 8.08. The summed E-state index contributed by atoms with van der Waals surface area (Å²) >= 11 is 3.37. The molecule has 0 bridgehead atoms. The van der Waals surface area contributed by atoms with Gasteiger partial charge in [-0.3, -0.25) is 9.59 Å². The van der Waals surface area contributed by atoms with Gasteiger partial charge in [0.2, 0.25) is 11.8 Å². The zero-order valence-electron chi connectivity index (χ0n) is 13.2. The monoisotopic (exact) mass is 374 g/mol. The maximum atomic E-state index is 12.1. The molecule has 0 atom stereocenters. The highest BCUT2D eigenvalue weighted by Gasteiger charge is 2.07. The molecule has 120 valence electrons. The molecule has 0 aliphatic carbocycles. The van der Waals surface area contributed by atoms with Gasteiger partial charge in [0.15, 0.2) is 0 Å². The van der Waals surface area contributed by atoms with Gasteiger partial charge in [0.25, 0.3) is 0 Å². The van der Waals surface area contributed by atoms with Gasteiger partial charge in [-0.25, -0.2) is 0 Å². The number of hydrogen-bond acceptors (Lipinski definition) is 2. The summed E-state index contributed by atoms with van der Waals surface area (Å²) in [7, 11) is 1.75. The topological polar surface area (TPSA) is 49.4 Å². The smallest absolute Gasteiger partial charge is 0.228 e. The number of hydrogen-bond donors (Lipinski definition) is 1. The number of nitrogens with zero attached hydrogens (tertiary/aromatic N) is 1. The predicted molar refractivity (Wildman–Crippen MR) is 95.1 cm³/mol. The van der Waals surface area contributed by atoms with Crippen LogP contribution in [0.3, 0.4) is 0 Å². The minimum absolute atomic E-state index is 0.00896. The van der Waals surface area contributed by atoms with E-state index in [1.807, 2.05) is 48.5 Å². The second-order valence-corrected chi connectivity index (χ2v) is 6.34. The molecule has 2 amide bonds. The normalized spacial score (nSPS) is 10.2. The first-order valence-electron chi connectivity index (χ1n) is 7.29. The Kier molecular flexibility index (Phi) is 5.93. The number of carbonyl (C=O) groups excluding carboxylic acids is 2. The van der Waals surface area contributed by atoms with E-state index in [-0.39, 0.29) is 11.8 Å². The van der Waals surface area contributed by atoms with Crippen molar-refractivity contribution in [3.05, 3.63) is 64.1 Å². The van der Waals surface area contributed by atoms with E-state index >= 15 is 0 Å². The maximum absolute atomic E-state index is 12.1. The van der Waals surface area contributed by atoms with Crippen molar-refractivity contribution < 1.29 is 9.59 Å². The highest BCUT2D eigenvalue weighted by atomic mass is 79.9. The highest BCUT2D eigenvalue weighted by molar-refractivity contribution is 9.10. The van der Waals surface area contributed by atoms with Crippen molar-refractivity contribution in [1.82, 2.24) is 4.90 Å². The van der Waals surface area contributed by atoms with E-state index < -0.39 is 0 Å². The van der Waals surface area contributed by atoms with Crippen LogP contribution in [0.2, 0.25) is 0 Å². The highest BCUT2D eigenvalue weighted by Crippen LogP contribution is 2.14. The molecule has 0 unspecified atom stereocenters. The second-order valence-electron chi connectivity index (χ2n) is 5.43. The molecule has 0 saturated heterocycles. The van der Waals surface area contributed by atoms with E-state index in [0.29, 0.717) is 13.0 Å². The van der Waals surface area contributed by atoms with Crippen molar-refractivity contribution in [2.24, 2.45) is 0 Å². The lowest BCUT2D eigenvalue weighted by molar-refractivity contribution is -0.128. The summed E-state index contributed by atoms with van der Waals surface area (Å²) in [6.45, 7) is 2.05. The Morgan fingerprint density at radius 2 is 1.78 bits per heavy atom. The van der Waals surface area contributed by atoms with Gasteiger partial charge in [-0.2, -0.15) is 0 Å². The van der Waals surface area contributed by atoms with Crippen molar-refractivity contribution in [3.8, 4) is 0 Å². The summed E-state index contributed by atoms with van der Waals surface area (Å²) in [5, 5.41) is 2.89. The number of anilines is 1. The molecule has 0 aliphatic heterocycles.